The molecule has 1 aromatic rings. The second kappa shape index (κ2) is 6.24. The topological polar surface area (TPSA) is 78.4 Å². The quantitative estimate of drug-likeness (QED) is 0.756. The van der Waals surface area contributed by atoms with Crippen molar-refractivity contribution >= 4 is 29.0 Å². The molecule has 0 aliphatic carbocycles. The van der Waals surface area contributed by atoms with Crippen LogP contribution in [0.2, 0.25) is 0 Å². The summed E-state index contributed by atoms with van der Waals surface area (Å²) >= 11 is 1.46. The third kappa shape index (κ3) is 4.07. The maximum absolute atomic E-state index is 11.6. The minimum absolute atomic E-state index is 0.110. The fraction of sp³-hybridized carbons (Fsp3) is 0.455. The maximum Gasteiger partial charge on any atom is 0.326 e. The van der Waals surface area contributed by atoms with Crippen LogP contribution in [0, 0.1) is 5.92 Å². The molecule has 0 aliphatic heterocycles. The number of carboxylic acids is 1. The van der Waals surface area contributed by atoms with Crippen molar-refractivity contribution in [2.24, 2.45) is 5.92 Å². The third-order valence-electron chi connectivity index (χ3n) is 2.54. The summed E-state index contributed by atoms with van der Waals surface area (Å²) in [5.74, 6) is -1.12. The van der Waals surface area contributed by atoms with E-state index in [4.69, 9.17) is 5.11 Å². The number of urea groups is 1. The molecule has 17 heavy (non-hydrogen) atoms. The molecule has 0 bridgehead atoms. The molecule has 0 fully saturated rings. The molecule has 0 radical (unpaired) electrons. The Morgan fingerprint density at radius 2 is 2.24 bits per heavy atom. The van der Waals surface area contributed by atoms with E-state index < -0.39 is 18.0 Å². The van der Waals surface area contributed by atoms with Gasteiger partial charge >= 0.3 is 12.0 Å². The lowest BCUT2D eigenvalue weighted by Crippen LogP contribution is -2.46. The van der Waals surface area contributed by atoms with Crippen LogP contribution in [0.15, 0.2) is 16.8 Å². The van der Waals surface area contributed by atoms with Crippen LogP contribution in [-0.4, -0.2) is 23.1 Å². The van der Waals surface area contributed by atoms with Crippen LogP contribution in [0.25, 0.3) is 0 Å². The summed E-state index contributed by atoms with van der Waals surface area (Å²) in [7, 11) is 0. The Labute approximate surface area is 104 Å². The van der Waals surface area contributed by atoms with E-state index in [-0.39, 0.29) is 5.92 Å². The van der Waals surface area contributed by atoms with Crippen LogP contribution in [0.4, 0.5) is 10.5 Å². The molecule has 94 valence electrons. The zero-order valence-electron chi connectivity index (χ0n) is 9.77. The minimum atomic E-state index is -1.01. The summed E-state index contributed by atoms with van der Waals surface area (Å²) < 4.78 is 0. The van der Waals surface area contributed by atoms with Gasteiger partial charge in [0, 0.05) is 5.38 Å². The average Bonchev–Trinajstić information content (AvgIpc) is 2.77. The molecule has 0 saturated heterocycles. The highest BCUT2D eigenvalue weighted by Gasteiger charge is 2.25. The van der Waals surface area contributed by atoms with E-state index in [9.17, 15) is 9.59 Å². The van der Waals surface area contributed by atoms with Gasteiger partial charge < -0.3 is 15.7 Å². The van der Waals surface area contributed by atoms with Crippen molar-refractivity contribution in [1.82, 2.24) is 5.32 Å². The molecule has 1 aromatic heterocycles. The summed E-state index contributed by atoms with van der Waals surface area (Å²) in [6.45, 7) is 3.68. The summed E-state index contributed by atoms with van der Waals surface area (Å²) in [5.41, 5.74) is 0.667. The Balaban J connectivity index is 2.55. The molecule has 1 rings (SSSR count). The molecule has 3 N–H and O–H groups in total. The second-order valence-electron chi connectivity index (χ2n) is 3.81. The Hall–Kier alpha value is -1.56. The van der Waals surface area contributed by atoms with Crippen LogP contribution >= 0.6 is 11.3 Å². The minimum Gasteiger partial charge on any atom is -0.480 e. The van der Waals surface area contributed by atoms with Gasteiger partial charge in [-0.2, -0.15) is 11.3 Å². The largest absolute Gasteiger partial charge is 0.480 e. The van der Waals surface area contributed by atoms with Gasteiger partial charge in [0.2, 0.25) is 0 Å². The van der Waals surface area contributed by atoms with Crippen molar-refractivity contribution in [1.29, 1.82) is 0 Å². The van der Waals surface area contributed by atoms with Crippen molar-refractivity contribution in [3.63, 3.8) is 0 Å². The molecule has 1 heterocycles. The maximum atomic E-state index is 11.6. The van der Waals surface area contributed by atoms with Crippen molar-refractivity contribution in [2.45, 2.75) is 26.3 Å². The van der Waals surface area contributed by atoms with Crippen molar-refractivity contribution < 1.29 is 14.7 Å². The molecule has 0 saturated carbocycles. The highest BCUT2D eigenvalue weighted by molar-refractivity contribution is 7.08. The number of aliphatic carboxylic acids is 1. The predicted molar refractivity (Wildman–Crippen MR) is 67.4 cm³/mol. The summed E-state index contributed by atoms with van der Waals surface area (Å²) in [5, 5.41) is 17.7. The smallest absolute Gasteiger partial charge is 0.326 e. The first kappa shape index (κ1) is 13.5. The van der Waals surface area contributed by atoms with Crippen LogP contribution in [0.1, 0.15) is 20.3 Å². The fourth-order valence-corrected chi connectivity index (χ4v) is 1.91. The Morgan fingerprint density at radius 1 is 1.53 bits per heavy atom. The number of rotatable bonds is 5. The van der Waals surface area contributed by atoms with E-state index in [1.54, 1.807) is 18.4 Å². The molecule has 5 nitrogen and oxygen atoms in total. The summed E-state index contributed by atoms with van der Waals surface area (Å²) in [6, 6.07) is 0.401. The van der Waals surface area contributed by atoms with Gasteiger partial charge in [0.15, 0.2) is 0 Å². The lowest BCUT2D eigenvalue weighted by Gasteiger charge is -2.20. The van der Waals surface area contributed by atoms with Gasteiger partial charge in [0.25, 0.3) is 0 Å². The van der Waals surface area contributed by atoms with Gasteiger partial charge in [0.1, 0.15) is 6.04 Å². The molecule has 2 unspecified atom stereocenters. The number of hydrogen-bond donors (Lipinski definition) is 3. The van der Waals surface area contributed by atoms with Gasteiger partial charge in [-0.25, -0.2) is 9.59 Å². The number of nitrogens with one attached hydrogen (secondary N) is 2. The monoisotopic (exact) mass is 256 g/mol. The van der Waals surface area contributed by atoms with E-state index in [1.807, 2.05) is 12.3 Å². The Morgan fingerprint density at radius 3 is 2.71 bits per heavy atom. The van der Waals surface area contributed by atoms with Crippen LogP contribution < -0.4 is 10.6 Å². The second-order valence-corrected chi connectivity index (χ2v) is 4.59. The van der Waals surface area contributed by atoms with E-state index >= 15 is 0 Å². The fourth-order valence-electron chi connectivity index (χ4n) is 1.33. The highest BCUT2D eigenvalue weighted by atomic mass is 32.1. The summed E-state index contributed by atoms with van der Waals surface area (Å²) in [6.07, 6.45) is 0.690. The number of carbonyl (C=O) groups is 2. The Bertz CT molecular complexity index is 378. The third-order valence-corrected chi connectivity index (χ3v) is 3.23. The zero-order chi connectivity index (χ0) is 12.8. The van der Waals surface area contributed by atoms with Crippen LogP contribution in [0.5, 0.6) is 0 Å². The first-order valence-electron chi connectivity index (χ1n) is 5.37. The van der Waals surface area contributed by atoms with Gasteiger partial charge in [-0.15, -0.1) is 0 Å². The van der Waals surface area contributed by atoms with Crippen molar-refractivity contribution in [3.8, 4) is 0 Å². The molecule has 0 spiro atoms. The number of anilines is 1. The van der Waals surface area contributed by atoms with E-state index in [2.05, 4.69) is 10.6 Å². The van der Waals surface area contributed by atoms with E-state index in [0.717, 1.165) is 0 Å². The first-order valence-corrected chi connectivity index (χ1v) is 6.31. The highest BCUT2D eigenvalue weighted by Crippen LogP contribution is 2.12. The lowest BCUT2D eigenvalue weighted by atomic mass is 9.99. The van der Waals surface area contributed by atoms with Gasteiger partial charge in [-0.05, 0) is 17.4 Å². The number of thiophene rings is 1. The molecule has 0 aromatic carbocycles. The van der Waals surface area contributed by atoms with Crippen molar-refractivity contribution in [3.05, 3.63) is 16.8 Å². The molecule has 2 amide bonds. The van der Waals surface area contributed by atoms with Gasteiger partial charge in [-0.1, -0.05) is 20.3 Å². The lowest BCUT2D eigenvalue weighted by molar-refractivity contribution is -0.140. The normalized spacial score (nSPS) is 13.8. The Kier molecular flexibility index (Phi) is 4.96. The number of amides is 2. The van der Waals surface area contributed by atoms with Gasteiger partial charge in [0.05, 0.1) is 5.69 Å². The predicted octanol–water partition coefficient (Wildman–Crippen LogP) is 2.37. The molecule has 6 heteroatoms. The average molecular weight is 256 g/mol. The molecular weight excluding hydrogens is 240 g/mol. The number of carboxylic acid groups (broad SMARTS) is 1. The number of hydrogen-bond acceptors (Lipinski definition) is 3. The molecule has 2 atom stereocenters. The summed E-state index contributed by atoms with van der Waals surface area (Å²) in [4.78, 5) is 22.6. The van der Waals surface area contributed by atoms with E-state index in [0.29, 0.717) is 12.1 Å². The number of carbonyl (C=O) groups excluding carboxylic acids is 1. The SMILES string of the molecule is CCC(C)C(NC(=O)Nc1ccsc1)C(=O)O. The molecule has 0 aliphatic rings. The standard InChI is InChI=1S/C11H16N2O3S/c1-3-7(2)9(10(14)15)13-11(16)12-8-4-5-17-6-8/h4-7,9H,3H2,1-2H3,(H,14,15)(H2,12,13,16). The van der Waals surface area contributed by atoms with Crippen molar-refractivity contribution in [2.75, 3.05) is 5.32 Å². The zero-order valence-corrected chi connectivity index (χ0v) is 10.6. The van der Waals surface area contributed by atoms with Crippen LogP contribution in [0.3, 0.4) is 0 Å². The van der Waals surface area contributed by atoms with Crippen LogP contribution in [-0.2, 0) is 4.79 Å². The first-order chi connectivity index (χ1) is 8.04. The molecular formula is C11H16N2O3S. The van der Waals surface area contributed by atoms with E-state index in [1.165, 1.54) is 11.3 Å². The van der Waals surface area contributed by atoms with Gasteiger partial charge in [-0.3, -0.25) is 0 Å².